The second-order valence-corrected chi connectivity index (χ2v) is 7.90. The number of aromatic nitrogens is 2. The number of anilines is 2. The first kappa shape index (κ1) is 18.8. The Bertz CT molecular complexity index is 644. The van der Waals surface area contributed by atoms with Crippen LogP contribution in [0.3, 0.4) is 0 Å². The van der Waals surface area contributed by atoms with E-state index >= 15 is 0 Å². The molecule has 0 aliphatic heterocycles. The number of carbonyl (C=O) groups is 1. The van der Waals surface area contributed by atoms with E-state index in [0.29, 0.717) is 18.2 Å². The Labute approximate surface area is 153 Å². The number of hydrogen-bond donors (Lipinski definition) is 5. The average molecular weight is 363 g/mol. The fraction of sp³-hybridized carbons (Fsp3) is 0.722. The van der Waals surface area contributed by atoms with Gasteiger partial charge in [0.25, 0.3) is 5.91 Å². The third-order valence-electron chi connectivity index (χ3n) is 5.38. The highest BCUT2D eigenvalue weighted by Crippen LogP contribution is 2.30. The van der Waals surface area contributed by atoms with Crippen LogP contribution in [0.4, 0.5) is 11.8 Å². The van der Waals surface area contributed by atoms with E-state index in [1.54, 1.807) is 0 Å². The largest absolute Gasteiger partial charge is 0.393 e. The van der Waals surface area contributed by atoms with Crippen LogP contribution in [-0.2, 0) is 0 Å². The van der Waals surface area contributed by atoms with Gasteiger partial charge in [-0.2, -0.15) is 4.98 Å². The van der Waals surface area contributed by atoms with Gasteiger partial charge in [0.15, 0.2) is 0 Å². The van der Waals surface area contributed by atoms with Crippen molar-refractivity contribution in [1.82, 2.24) is 9.97 Å². The molecule has 144 valence electrons. The van der Waals surface area contributed by atoms with E-state index in [9.17, 15) is 15.0 Å². The molecule has 26 heavy (non-hydrogen) atoms. The molecule has 2 atom stereocenters. The lowest BCUT2D eigenvalue weighted by Crippen LogP contribution is -2.38. The number of aliphatic hydroxyl groups excluding tert-OH is 1. The van der Waals surface area contributed by atoms with Gasteiger partial charge in [0.2, 0.25) is 5.95 Å². The zero-order valence-electron chi connectivity index (χ0n) is 15.2. The van der Waals surface area contributed by atoms with E-state index in [1.165, 1.54) is 6.20 Å². The third-order valence-corrected chi connectivity index (χ3v) is 5.38. The van der Waals surface area contributed by atoms with Gasteiger partial charge in [-0.25, -0.2) is 4.98 Å². The van der Waals surface area contributed by atoms with Crippen molar-refractivity contribution in [3.05, 3.63) is 11.8 Å². The van der Waals surface area contributed by atoms with Crippen molar-refractivity contribution in [2.45, 2.75) is 82.1 Å². The molecule has 2 aliphatic carbocycles. The van der Waals surface area contributed by atoms with Gasteiger partial charge >= 0.3 is 0 Å². The maximum absolute atomic E-state index is 11.7. The molecule has 0 unspecified atom stereocenters. The molecular weight excluding hydrogens is 334 g/mol. The van der Waals surface area contributed by atoms with Crippen LogP contribution in [0, 0.1) is 0 Å². The fourth-order valence-corrected chi connectivity index (χ4v) is 3.93. The molecule has 0 aromatic carbocycles. The molecular formula is C18H29N5O3. The van der Waals surface area contributed by atoms with Crippen LogP contribution in [0.1, 0.15) is 68.6 Å². The molecule has 2 aliphatic rings. The van der Waals surface area contributed by atoms with Crippen LogP contribution in [0.15, 0.2) is 6.20 Å². The van der Waals surface area contributed by atoms with Gasteiger partial charge in [-0.15, -0.1) is 0 Å². The van der Waals surface area contributed by atoms with Gasteiger partial charge in [0.05, 0.1) is 17.3 Å². The molecule has 1 heterocycles. The maximum atomic E-state index is 11.7. The highest BCUT2D eigenvalue weighted by Gasteiger charge is 2.31. The Morgan fingerprint density at radius 2 is 1.96 bits per heavy atom. The normalized spacial score (nSPS) is 32.0. The van der Waals surface area contributed by atoms with Crippen LogP contribution in [0.25, 0.3) is 0 Å². The van der Waals surface area contributed by atoms with E-state index in [0.717, 1.165) is 44.9 Å². The number of hydrogen-bond acceptors (Lipinski definition) is 7. The first-order valence-electron chi connectivity index (χ1n) is 9.43. The smallest absolute Gasteiger partial charge is 0.254 e. The van der Waals surface area contributed by atoms with E-state index in [2.05, 4.69) is 20.6 Å². The summed E-state index contributed by atoms with van der Waals surface area (Å²) in [7, 11) is 0. The second kappa shape index (κ2) is 7.75. The van der Waals surface area contributed by atoms with E-state index < -0.39 is 11.5 Å². The van der Waals surface area contributed by atoms with Gasteiger partial charge < -0.3 is 26.6 Å². The highest BCUT2D eigenvalue weighted by atomic mass is 16.3. The van der Waals surface area contributed by atoms with E-state index in [4.69, 9.17) is 5.73 Å². The summed E-state index contributed by atoms with van der Waals surface area (Å²) >= 11 is 0. The summed E-state index contributed by atoms with van der Waals surface area (Å²) in [5, 5.41) is 26.5. The molecule has 1 aromatic heterocycles. The molecule has 0 bridgehead atoms. The van der Waals surface area contributed by atoms with Crippen LogP contribution < -0.4 is 16.4 Å². The first-order chi connectivity index (χ1) is 12.3. The summed E-state index contributed by atoms with van der Waals surface area (Å²) in [4.78, 5) is 20.4. The van der Waals surface area contributed by atoms with Crippen LogP contribution >= 0.6 is 0 Å². The van der Waals surface area contributed by atoms with Crippen molar-refractivity contribution in [3.8, 4) is 0 Å². The maximum Gasteiger partial charge on any atom is 0.254 e. The zero-order chi connectivity index (χ0) is 18.7. The number of nitrogens with two attached hydrogens (primary N) is 1. The topological polar surface area (TPSA) is 133 Å². The molecule has 6 N–H and O–H groups in total. The number of carbonyl (C=O) groups excluding carboxylic acids is 1. The van der Waals surface area contributed by atoms with Gasteiger partial charge in [-0.1, -0.05) is 0 Å². The lowest BCUT2D eigenvalue weighted by molar-refractivity contribution is 0.0182. The van der Waals surface area contributed by atoms with Crippen molar-refractivity contribution in [1.29, 1.82) is 0 Å². The van der Waals surface area contributed by atoms with Crippen molar-refractivity contribution in [2.75, 3.05) is 10.6 Å². The Balaban J connectivity index is 1.73. The monoisotopic (exact) mass is 363 g/mol. The SMILES string of the molecule is C[C@@]1(O)CCC[C@@H](Nc2nc(NC3CCC(O)CC3)ncc2C(N)=O)C1. The standard InChI is InChI=1S/C18H29N5O3/c1-18(26)8-2-3-12(9-18)21-16-14(15(19)25)10-20-17(23-16)22-11-4-6-13(24)7-5-11/h10-13,24,26H,2-9H2,1H3,(H2,19,25)(H2,20,21,22,23)/t11?,12-,13?,18-/m1/s1. The van der Waals surface area contributed by atoms with E-state index in [1.807, 2.05) is 6.92 Å². The summed E-state index contributed by atoms with van der Waals surface area (Å²) in [6, 6.07) is 0.241. The summed E-state index contributed by atoms with van der Waals surface area (Å²) in [5.41, 5.74) is 5.01. The lowest BCUT2D eigenvalue weighted by Gasteiger charge is -2.34. The predicted molar refractivity (Wildman–Crippen MR) is 98.9 cm³/mol. The van der Waals surface area contributed by atoms with Crippen molar-refractivity contribution in [2.24, 2.45) is 5.73 Å². The molecule has 0 spiro atoms. The minimum absolute atomic E-state index is 0.0319. The summed E-state index contributed by atoms with van der Waals surface area (Å²) in [6.07, 6.45) is 7.65. The fourth-order valence-electron chi connectivity index (χ4n) is 3.93. The zero-order valence-corrected chi connectivity index (χ0v) is 15.2. The molecule has 8 nitrogen and oxygen atoms in total. The molecule has 2 saturated carbocycles. The van der Waals surface area contributed by atoms with E-state index in [-0.39, 0.29) is 23.8 Å². The Morgan fingerprint density at radius 3 is 2.62 bits per heavy atom. The third kappa shape index (κ3) is 4.82. The lowest BCUT2D eigenvalue weighted by atomic mass is 9.83. The summed E-state index contributed by atoms with van der Waals surface area (Å²) < 4.78 is 0. The number of aliphatic hydroxyl groups is 2. The van der Waals surface area contributed by atoms with Gasteiger partial charge in [-0.3, -0.25) is 4.79 Å². The molecule has 3 rings (SSSR count). The van der Waals surface area contributed by atoms with Crippen molar-refractivity contribution >= 4 is 17.7 Å². The quantitative estimate of drug-likeness (QED) is 0.534. The minimum atomic E-state index is -0.708. The van der Waals surface area contributed by atoms with Crippen LogP contribution in [0.5, 0.6) is 0 Å². The van der Waals surface area contributed by atoms with Gasteiger partial charge in [0.1, 0.15) is 5.82 Å². The predicted octanol–water partition coefficient (Wildman–Crippen LogP) is 1.40. The number of primary amides is 1. The second-order valence-electron chi connectivity index (χ2n) is 7.90. The van der Waals surface area contributed by atoms with Crippen LogP contribution in [0.2, 0.25) is 0 Å². The van der Waals surface area contributed by atoms with Gasteiger partial charge in [-0.05, 0) is 58.3 Å². The molecule has 1 aromatic rings. The molecule has 0 saturated heterocycles. The molecule has 2 fully saturated rings. The minimum Gasteiger partial charge on any atom is -0.393 e. The number of nitrogens with zero attached hydrogens (tertiary/aromatic N) is 2. The number of rotatable bonds is 5. The Morgan fingerprint density at radius 1 is 1.23 bits per heavy atom. The number of amides is 1. The van der Waals surface area contributed by atoms with Crippen LogP contribution in [-0.4, -0.2) is 49.9 Å². The van der Waals surface area contributed by atoms with Crippen molar-refractivity contribution in [3.63, 3.8) is 0 Å². The highest BCUT2D eigenvalue weighted by molar-refractivity contribution is 5.97. The van der Waals surface area contributed by atoms with Crippen molar-refractivity contribution < 1.29 is 15.0 Å². The molecule has 1 amide bonds. The Kier molecular flexibility index (Phi) is 5.62. The molecule has 8 heteroatoms. The number of nitrogens with one attached hydrogen (secondary N) is 2. The summed E-state index contributed by atoms with van der Waals surface area (Å²) in [6.45, 7) is 1.83. The molecule has 0 radical (unpaired) electrons. The first-order valence-corrected chi connectivity index (χ1v) is 9.43. The Hall–Kier alpha value is -1.93. The average Bonchev–Trinajstić information content (AvgIpc) is 2.56. The summed E-state index contributed by atoms with van der Waals surface area (Å²) in [5.74, 6) is 0.275. The van der Waals surface area contributed by atoms with Gasteiger partial charge in [0, 0.05) is 18.3 Å².